The summed E-state index contributed by atoms with van der Waals surface area (Å²) in [5.41, 5.74) is 0. The molecule has 0 aliphatic carbocycles. The van der Waals surface area contributed by atoms with Gasteiger partial charge in [0.2, 0.25) is 5.79 Å². The molecule has 1 heterocycles. The van der Waals surface area contributed by atoms with Crippen LogP contribution in [0.4, 0.5) is 0 Å². The fraction of sp³-hybridized carbons (Fsp3) is 0.682. The van der Waals surface area contributed by atoms with Crippen LogP contribution in [-0.4, -0.2) is 32.1 Å². The second-order valence-electron chi connectivity index (χ2n) is 6.84. The summed E-state index contributed by atoms with van der Waals surface area (Å²) in [6.07, 6.45) is 22.3. The topological polar surface area (TPSA) is 54.0 Å². The van der Waals surface area contributed by atoms with Crippen molar-refractivity contribution >= 4 is 5.97 Å². The van der Waals surface area contributed by atoms with Gasteiger partial charge in [-0.3, -0.25) is 4.79 Å². The van der Waals surface area contributed by atoms with Crippen molar-refractivity contribution < 1.29 is 24.0 Å². The van der Waals surface area contributed by atoms with Gasteiger partial charge in [0.25, 0.3) is 0 Å². The first-order chi connectivity index (χ1) is 13.2. The predicted octanol–water partition coefficient (Wildman–Crippen LogP) is 5.42. The minimum atomic E-state index is -0.841. The number of esters is 1. The first-order valence-electron chi connectivity index (χ1n) is 10.1. The molecule has 0 amide bonds. The number of carbonyl (C=O) groups is 1. The van der Waals surface area contributed by atoms with Crippen molar-refractivity contribution in [2.75, 3.05) is 14.2 Å². The average Bonchev–Trinajstić information content (AvgIpc) is 2.70. The second kappa shape index (κ2) is 14.6. The van der Waals surface area contributed by atoms with E-state index in [1.807, 2.05) is 25.2 Å². The van der Waals surface area contributed by atoms with Crippen LogP contribution in [0.1, 0.15) is 71.1 Å². The van der Waals surface area contributed by atoms with Gasteiger partial charge in [0.1, 0.15) is 6.10 Å². The highest BCUT2D eigenvalue weighted by Gasteiger charge is 2.34. The molecule has 0 radical (unpaired) electrons. The molecule has 0 aromatic heterocycles. The van der Waals surface area contributed by atoms with Gasteiger partial charge < -0.3 is 9.47 Å². The van der Waals surface area contributed by atoms with Crippen molar-refractivity contribution in [2.24, 2.45) is 0 Å². The third kappa shape index (κ3) is 10.5. The molecule has 0 saturated heterocycles. The van der Waals surface area contributed by atoms with Gasteiger partial charge in [-0.2, -0.15) is 4.89 Å². The lowest BCUT2D eigenvalue weighted by molar-refractivity contribution is -0.428. The minimum Gasteiger partial charge on any atom is -0.469 e. The van der Waals surface area contributed by atoms with Crippen molar-refractivity contribution in [1.82, 2.24) is 0 Å². The zero-order valence-electron chi connectivity index (χ0n) is 17.2. The Hall–Kier alpha value is -1.43. The average molecular weight is 381 g/mol. The summed E-state index contributed by atoms with van der Waals surface area (Å²) in [5.74, 6) is -1.17. The Morgan fingerprint density at radius 3 is 2.37 bits per heavy atom. The van der Waals surface area contributed by atoms with Crippen LogP contribution in [0, 0.1) is 0 Å². The molecule has 5 nitrogen and oxygen atoms in total. The van der Waals surface area contributed by atoms with Gasteiger partial charge in [0.05, 0.1) is 13.5 Å². The summed E-state index contributed by atoms with van der Waals surface area (Å²) in [7, 11) is 2.97. The van der Waals surface area contributed by atoms with E-state index < -0.39 is 11.9 Å². The molecule has 5 heteroatoms. The van der Waals surface area contributed by atoms with E-state index in [9.17, 15) is 4.79 Å². The number of methoxy groups -OCH3 is 2. The monoisotopic (exact) mass is 380 g/mol. The molecular formula is C22H36O5. The molecule has 1 aliphatic rings. The van der Waals surface area contributed by atoms with E-state index in [-0.39, 0.29) is 12.4 Å². The molecule has 0 spiro atoms. The fourth-order valence-electron chi connectivity index (χ4n) is 2.94. The van der Waals surface area contributed by atoms with Crippen LogP contribution in [0.15, 0.2) is 36.5 Å². The number of ether oxygens (including phenoxy) is 2. The molecule has 154 valence electrons. The summed E-state index contributed by atoms with van der Waals surface area (Å²) >= 11 is 0. The molecule has 0 aromatic rings. The summed E-state index contributed by atoms with van der Waals surface area (Å²) < 4.78 is 10.1. The zero-order chi connectivity index (χ0) is 19.8. The van der Waals surface area contributed by atoms with E-state index >= 15 is 0 Å². The molecule has 27 heavy (non-hydrogen) atoms. The van der Waals surface area contributed by atoms with Crippen LogP contribution >= 0.6 is 0 Å². The van der Waals surface area contributed by atoms with Gasteiger partial charge in [0, 0.05) is 13.5 Å². The minimum absolute atomic E-state index is 0.137. The van der Waals surface area contributed by atoms with Gasteiger partial charge >= 0.3 is 5.97 Å². The molecule has 2 atom stereocenters. The van der Waals surface area contributed by atoms with Crippen molar-refractivity contribution in [3.05, 3.63) is 36.5 Å². The highest BCUT2D eigenvalue weighted by atomic mass is 17.2. The van der Waals surface area contributed by atoms with Gasteiger partial charge in [-0.1, -0.05) is 62.5 Å². The maximum Gasteiger partial charge on any atom is 0.308 e. The number of rotatable bonds is 14. The maximum absolute atomic E-state index is 11.3. The summed E-state index contributed by atoms with van der Waals surface area (Å²) in [4.78, 5) is 22.0. The molecule has 0 saturated carbocycles. The molecule has 0 fully saturated rings. The maximum atomic E-state index is 11.3. The van der Waals surface area contributed by atoms with Crippen LogP contribution in [0.5, 0.6) is 0 Å². The van der Waals surface area contributed by atoms with E-state index in [1.54, 1.807) is 7.11 Å². The number of hydrogen-bond donors (Lipinski definition) is 0. The van der Waals surface area contributed by atoms with E-state index in [0.29, 0.717) is 0 Å². The van der Waals surface area contributed by atoms with Crippen molar-refractivity contribution in [1.29, 1.82) is 0 Å². The standard InChI is InChI=1S/C22H36O5/c1-4-5-6-7-8-9-10-11-12-13-14-15-17-22(25-3)18-16-20(26-27-22)19-21(23)24-2/h4-7,16,18,20H,8-15,17,19H2,1-3H3. The van der Waals surface area contributed by atoms with E-state index in [2.05, 4.69) is 23.0 Å². The Kier molecular flexibility index (Phi) is 12.8. The van der Waals surface area contributed by atoms with Gasteiger partial charge in [-0.05, 0) is 32.3 Å². The fourth-order valence-corrected chi connectivity index (χ4v) is 2.94. The molecule has 0 aromatic carbocycles. The van der Waals surface area contributed by atoms with Gasteiger partial charge in [0.15, 0.2) is 0 Å². The third-order valence-electron chi connectivity index (χ3n) is 4.65. The van der Waals surface area contributed by atoms with Gasteiger partial charge in [-0.15, -0.1) is 0 Å². The molecule has 0 N–H and O–H groups in total. The molecule has 1 aliphatic heterocycles. The molecular weight excluding hydrogens is 344 g/mol. The van der Waals surface area contributed by atoms with Crippen molar-refractivity contribution in [3.8, 4) is 0 Å². The third-order valence-corrected chi connectivity index (χ3v) is 4.65. The number of hydrogen-bond acceptors (Lipinski definition) is 5. The first kappa shape index (κ1) is 23.6. The predicted molar refractivity (Wildman–Crippen MR) is 107 cm³/mol. The summed E-state index contributed by atoms with van der Waals surface area (Å²) in [6.45, 7) is 2.03. The lowest BCUT2D eigenvalue weighted by atomic mass is 10.0. The van der Waals surface area contributed by atoms with Crippen LogP contribution in [0.2, 0.25) is 0 Å². The van der Waals surface area contributed by atoms with Crippen LogP contribution < -0.4 is 0 Å². The normalized spacial score (nSPS) is 22.7. The van der Waals surface area contributed by atoms with E-state index in [0.717, 1.165) is 19.3 Å². The smallest absolute Gasteiger partial charge is 0.308 e. The van der Waals surface area contributed by atoms with Gasteiger partial charge in [-0.25, -0.2) is 4.89 Å². The summed E-state index contributed by atoms with van der Waals surface area (Å²) in [5, 5.41) is 0. The number of unbranched alkanes of at least 4 members (excludes halogenated alkanes) is 7. The van der Waals surface area contributed by atoms with E-state index in [4.69, 9.17) is 14.5 Å². The first-order valence-corrected chi connectivity index (χ1v) is 10.1. The highest BCUT2D eigenvalue weighted by molar-refractivity contribution is 5.70. The van der Waals surface area contributed by atoms with Crippen molar-refractivity contribution in [2.45, 2.75) is 83.0 Å². The lowest BCUT2D eigenvalue weighted by Crippen LogP contribution is -2.38. The molecule has 0 bridgehead atoms. The molecule has 2 unspecified atom stereocenters. The second-order valence-corrected chi connectivity index (χ2v) is 6.84. The number of allylic oxidation sites excluding steroid dienone is 4. The van der Waals surface area contributed by atoms with Crippen molar-refractivity contribution in [3.63, 3.8) is 0 Å². The Morgan fingerprint density at radius 1 is 1.07 bits per heavy atom. The van der Waals surface area contributed by atoms with Crippen LogP contribution in [0.25, 0.3) is 0 Å². The summed E-state index contributed by atoms with van der Waals surface area (Å²) in [6, 6.07) is 0. The largest absolute Gasteiger partial charge is 0.469 e. The Bertz CT molecular complexity index is 483. The zero-order valence-corrected chi connectivity index (χ0v) is 17.2. The van der Waals surface area contributed by atoms with Crippen LogP contribution in [-0.2, 0) is 24.0 Å². The lowest BCUT2D eigenvalue weighted by Gasteiger charge is -2.32. The van der Waals surface area contributed by atoms with E-state index in [1.165, 1.54) is 45.6 Å². The Morgan fingerprint density at radius 2 is 1.78 bits per heavy atom. The van der Waals surface area contributed by atoms with Crippen LogP contribution in [0.3, 0.4) is 0 Å². The molecule has 1 rings (SSSR count). The highest BCUT2D eigenvalue weighted by Crippen LogP contribution is 2.28. The SMILES string of the molecule is CC=CC=CCCCCCCCCCC1(OC)C=CC(CC(=O)OC)OO1. The quantitative estimate of drug-likeness (QED) is 0.132. The Labute approximate surface area is 164 Å². The number of carbonyl (C=O) groups excluding carboxylic acids is 1. The Balaban J connectivity index is 2.11.